The average Bonchev–Trinajstić information content (AvgIpc) is 3.30. The Morgan fingerprint density at radius 2 is 2.21 bits per heavy atom. The van der Waals surface area contributed by atoms with Crippen molar-refractivity contribution in [1.29, 1.82) is 0 Å². The van der Waals surface area contributed by atoms with Crippen molar-refractivity contribution in [3.8, 4) is 5.75 Å². The summed E-state index contributed by atoms with van der Waals surface area (Å²) in [6.45, 7) is 1.95. The van der Waals surface area contributed by atoms with E-state index in [0.29, 0.717) is 5.92 Å². The van der Waals surface area contributed by atoms with Gasteiger partial charge in [0.2, 0.25) is 0 Å². The minimum absolute atomic E-state index is 0.218. The summed E-state index contributed by atoms with van der Waals surface area (Å²) in [5, 5.41) is 3.64. The lowest BCUT2D eigenvalue weighted by molar-refractivity contribution is -0.0279. The molecule has 0 amide bonds. The van der Waals surface area contributed by atoms with Gasteiger partial charge in [-0.05, 0) is 43.4 Å². The number of ether oxygens (including phenoxy) is 2. The smallest absolute Gasteiger partial charge is 0.119 e. The first-order valence-electron chi connectivity index (χ1n) is 7.36. The zero-order chi connectivity index (χ0) is 13.1. The number of nitrogens with one attached hydrogen (secondary N) is 1. The van der Waals surface area contributed by atoms with Crippen LogP contribution in [0.25, 0.3) is 0 Å². The van der Waals surface area contributed by atoms with Crippen LogP contribution >= 0.6 is 0 Å². The highest BCUT2D eigenvalue weighted by Crippen LogP contribution is 2.35. The molecule has 2 unspecified atom stereocenters. The fourth-order valence-electron chi connectivity index (χ4n) is 2.84. The summed E-state index contributed by atoms with van der Waals surface area (Å²) in [7, 11) is 1.72. The van der Waals surface area contributed by atoms with Crippen molar-refractivity contribution in [1.82, 2.24) is 5.32 Å². The zero-order valence-electron chi connectivity index (χ0n) is 11.6. The van der Waals surface area contributed by atoms with Crippen molar-refractivity contribution >= 4 is 0 Å². The van der Waals surface area contributed by atoms with Crippen LogP contribution in [0.1, 0.15) is 37.4 Å². The fourth-order valence-corrected chi connectivity index (χ4v) is 2.84. The molecular formula is C16H23NO2. The standard InChI is InChI=1S/C16H23NO2/c1-18-15-6-2-4-12(10-15)16-13(5-3-9-19-16)11-17-14-7-8-14/h2,4,6,10,13-14,16-17H,3,5,7-9,11H2,1H3. The van der Waals surface area contributed by atoms with E-state index in [1.807, 2.05) is 6.07 Å². The van der Waals surface area contributed by atoms with Crippen molar-refractivity contribution in [2.45, 2.75) is 37.8 Å². The van der Waals surface area contributed by atoms with E-state index in [-0.39, 0.29) is 6.10 Å². The molecule has 1 aromatic carbocycles. The molecule has 0 radical (unpaired) electrons. The first-order chi connectivity index (χ1) is 9.36. The van der Waals surface area contributed by atoms with E-state index in [4.69, 9.17) is 9.47 Å². The number of rotatable bonds is 5. The molecule has 1 aliphatic carbocycles. The van der Waals surface area contributed by atoms with E-state index in [2.05, 4.69) is 23.5 Å². The maximum absolute atomic E-state index is 6.03. The molecule has 3 nitrogen and oxygen atoms in total. The quantitative estimate of drug-likeness (QED) is 0.884. The van der Waals surface area contributed by atoms with Crippen LogP contribution in [0.2, 0.25) is 0 Å². The minimum atomic E-state index is 0.218. The SMILES string of the molecule is COc1cccc(C2OCCCC2CNC2CC2)c1. The summed E-state index contributed by atoms with van der Waals surface area (Å²) in [4.78, 5) is 0. The normalized spacial score (nSPS) is 27.2. The molecule has 2 atom stereocenters. The Labute approximate surface area is 115 Å². The molecule has 1 saturated heterocycles. The van der Waals surface area contributed by atoms with Crippen LogP contribution < -0.4 is 10.1 Å². The topological polar surface area (TPSA) is 30.5 Å². The van der Waals surface area contributed by atoms with E-state index in [1.165, 1.54) is 31.2 Å². The molecule has 104 valence electrons. The first-order valence-corrected chi connectivity index (χ1v) is 7.36. The Hall–Kier alpha value is -1.06. The molecule has 2 fully saturated rings. The molecule has 0 spiro atoms. The Bertz CT molecular complexity index is 417. The van der Waals surface area contributed by atoms with Gasteiger partial charge in [0.25, 0.3) is 0 Å². The highest BCUT2D eigenvalue weighted by Gasteiger charge is 2.29. The van der Waals surface area contributed by atoms with Gasteiger partial charge in [-0.2, -0.15) is 0 Å². The van der Waals surface area contributed by atoms with Gasteiger partial charge in [-0.1, -0.05) is 12.1 Å². The molecule has 3 heteroatoms. The highest BCUT2D eigenvalue weighted by atomic mass is 16.5. The maximum atomic E-state index is 6.03. The third-order valence-corrected chi connectivity index (χ3v) is 4.11. The Kier molecular flexibility index (Phi) is 4.04. The van der Waals surface area contributed by atoms with Crippen molar-refractivity contribution in [2.75, 3.05) is 20.3 Å². The second kappa shape index (κ2) is 5.93. The number of hydrogen-bond acceptors (Lipinski definition) is 3. The van der Waals surface area contributed by atoms with Gasteiger partial charge in [0.05, 0.1) is 13.2 Å². The van der Waals surface area contributed by atoms with E-state index in [0.717, 1.165) is 24.9 Å². The fraction of sp³-hybridized carbons (Fsp3) is 0.625. The molecule has 1 N–H and O–H groups in total. The molecule has 19 heavy (non-hydrogen) atoms. The van der Waals surface area contributed by atoms with Crippen molar-refractivity contribution < 1.29 is 9.47 Å². The van der Waals surface area contributed by atoms with Gasteiger partial charge >= 0.3 is 0 Å². The molecule has 1 heterocycles. The van der Waals surface area contributed by atoms with Crippen molar-refractivity contribution in [3.05, 3.63) is 29.8 Å². The average molecular weight is 261 g/mol. The molecular weight excluding hydrogens is 238 g/mol. The van der Waals surface area contributed by atoms with Gasteiger partial charge in [-0.25, -0.2) is 0 Å². The lowest BCUT2D eigenvalue weighted by Gasteiger charge is -2.32. The summed E-state index contributed by atoms with van der Waals surface area (Å²) >= 11 is 0. The number of benzene rings is 1. The third kappa shape index (κ3) is 3.28. The molecule has 0 aromatic heterocycles. The third-order valence-electron chi connectivity index (χ3n) is 4.11. The summed E-state index contributed by atoms with van der Waals surface area (Å²) in [6.07, 6.45) is 5.34. The van der Waals surface area contributed by atoms with Crippen LogP contribution in [0.15, 0.2) is 24.3 Å². The predicted molar refractivity (Wildman–Crippen MR) is 75.4 cm³/mol. The second-order valence-electron chi connectivity index (χ2n) is 5.65. The lowest BCUT2D eigenvalue weighted by Crippen LogP contribution is -2.32. The molecule has 1 aliphatic heterocycles. The largest absolute Gasteiger partial charge is 0.497 e. The van der Waals surface area contributed by atoms with E-state index < -0.39 is 0 Å². The van der Waals surface area contributed by atoms with Crippen LogP contribution in [-0.2, 0) is 4.74 Å². The van der Waals surface area contributed by atoms with Gasteiger partial charge in [-0.3, -0.25) is 0 Å². The van der Waals surface area contributed by atoms with Gasteiger partial charge in [-0.15, -0.1) is 0 Å². The molecule has 1 saturated carbocycles. The van der Waals surface area contributed by atoms with E-state index in [9.17, 15) is 0 Å². The lowest BCUT2D eigenvalue weighted by atomic mass is 9.89. The molecule has 1 aromatic rings. The van der Waals surface area contributed by atoms with Crippen LogP contribution in [0.5, 0.6) is 5.75 Å². The minimum Gasteiger partial charge on any atom is -0.497 e. The molecule has 2 aliphatic rings. The van der Waals surface area contributed by atoms with Crippen molar-refractivity contribution in [3.63, 3.8) is 0 Å². The first kappa shape index (κ1) is 12.9. The van der Waals surface area contributed by atoms with E-state index >= 15 is 0 Å². The Morgan fingerprint density at radius 1 is 1.32 bits per heavy atom. The number of hydrogen-bond donors (Lipinski definition) is 1. The van der Waals surface area contributed by atoms with Crippen molar-refractivity contribution in [2.24, 2.45) is 5.92 Å². The molecule has 3 rings (SSSR count). The van der Waals surface area contributed by atoms with Gasteiger partial charge in [0.1, 0.15) is 5.75 Å². The Morgan fingerprint density at radius 3 is 3.00 bits per heavy atom. The van der Waals surface area contributed by atoms with Gasteiger partial charge in [0, 0.05) is 25.1 Å². The van der Waals surface area contributed by atoms with Crippen LogP contribution in [0.3, 0.4) is 0 Å². The summed E-state index contributed by atoms with van der Waals surface area (Å²) in [5.41, 5.74) is 1.25. The monoisotopic (exact) mass is 261 g/mol. The van der Waals surface area contributed by atoms with Crippen LogP contribution in [0.4, 0.5) is 0 Å². The Balaban J connectivity index is 1.70. The van der Waals surface area contributed by atoms with Gasteiger partial charge < -0.3 is 14.8 Å². The maximum Gasteiger partial charge on any atom is 0.119 e. The summed E-state index contributed by atoms with van der Waals surface area (Å²) in [5.74, 6) is 1.50. The summed E-state index contributed by atoms with van der Waals surface area (Å²) in [6, 6.07) is 9.08. The second-order valence-corrected chi connectivity index (χ2v) is 5.65. The van der Waals surface area contributed by atoms with Crippen LogP contribution in [-0.4, -0.2) is 26.3 Å². The summed E-state index contributed by atoms with van der Waals surface area (Å²) < 4.78 is 11.4. The van der Waals surface area contributed by atoms with Gasteiger partial charge in [0.15, 0.2) is 0 Å². The zero-order valence-corrected chi connectivity index (χ0v) is 11.6. The highest BCUT2D eigenvalue weighted by molar-refractivity contribution is 5.30. The van der Waals surface area contributed by atoms with Crippen LogP contribution in [0, 0.1) is 5.92 Å². The molecule has 0 bridgehead atoms. The number of methoxy groups -OCH3 is 1. The van der Waals surface area contributed by atoms with E-state index in [1.54, 1.807) is 7.11 Å². The predicted octanol–water partition coefficient (Wildman–Crippen LogP) is 2.91.